The Morgan fingerprint density at radius 3 is 2.00 bits per heavy atom. The molecular weight excluding hydrogens is 102 g/mol. The molecular formula is C5H10NSi. The first-order valence-corrected chi connectivity index (χ1v) is 4.96. The van der Waals surface area contributed by atoms with Crippen LogP contribution in [0.15, 0.2) is 0 Å². The first kappa shape index (κ1) is 6.71. The second kappa shape index (κ2) is 2.81. The second-order valence-corrected chi connectivity index (χ2v) is 4.95. The molecule has 1 nitrogen and oxygen atoms in total. The first-order valence-electron chi connectivity index (χ1n) is 2.38. The topological polar surface area (TPSA) is 23.8 Å². The summed E-state index contributed by atoms with van der Waals surface area (Å²) < 4.78 is 0. The number of rotatable bonds is 1. The van der Waals surface area contributed by atoms with Crippen LogP contribution in [0.2, 0.25) is 18.6 Å². The molecule has 0 bridgehead atoms. The van der Waals surface area contributed by atoms with Crippen LogP contribution in [0.4, 0.5) is 0 Å². The maximum Gasteiger partial charge on any atom is 0.0622 e. The summed E-state index contributed by atoms with van der Waals surface area (Å²) in [4.78, 5) is 0. The van der Waals surface area contributed by atoms with Crippen LogP contribution < -0.4 is 0 Å². The summed E-state index contributed by atoms with van der Waals surface area (Å²) >= 11 is 0. The Morgan fingerprint density at radius 1 is 1.57 bits per heavy atom. The minimum Gasteiger partial charge on any atom is -0.198 e. The zero-order valence-electron chi connectivity index (χ0n) is 5.02. The molecule has 39 valence electrons. The summed E-state index contributed by atoms with van der Waals surface area (Å²) in [5.74, 6) is 0. The average molecular weight is 112 g/mol. The number of nitrogens with zero attached hydrogens (tertiary/aromatic N) is 1. The van der Waals surface area contributed by atoms with Crippen molar-refractivity contribution in [1.82, 2.24) is 0 Å². The Kier molecular flexibility index (Phi) is 2.69. The zero-order valence-corrected chi connectivity index (χ0v) is 6.02. The maximum absolute atomic E-state index is 8.28. The van der Waals surface area contributed by atoms with Crippen molar-refractivity contribution >= 4 is 8.80 Å². The summed E-state index contributed by atoms with van der Waals surface area (Å²) in [5, 5.41) is 8.28. The fourth-order valence-corrected chi connectivity index (χ4v) is 0.387. The molecule has 0 saturated carbocycles. The van der Waals surface area contributed by atoms with Gasteiger partial charge in [-0.25, -0.2) is 0 Å². The smallest absolute Gasteiger partial charge is 0.0622 e. The Labute approximate surface area is 46.6 Å². The lowest BCUT2D eigenvalue weighted by Gasteiger charge is -1.99. The van der Waals surface area contributed by atoms with Crippen molar-refractivity contribution in [1.29, 1.82) is 5.26 Å². The van der Waals surface area contributed by atoms with Gasteiger partial charge in [-0.3, -0.25) is 0 Å². The highest BCUT2D eigenvalue weighted by molar-refractivity contribution is 6.58. The van der Waals surface area contributed by atoms with Crippen molar-refractivity contribution in [2.75, 3.05) is 0 Å². The van der Waals surface area contributed by atoms with Crippen LogP contribution in [0.5, 0.6) is 0 Å². The van der Waals surface area contributed by atoms with Gasteiger partial charge in [-0.15, -0.1) is 0 Å². The third kappa shape index (κ3) is 2.41. The van der Waals surface area contributed by atoms with Crippen molar-refractivity contribution in [2.24, 2.45) is 0 Å². The molecule has 2 heteroatoms. The highest BCUT2D eigenvalue weighted by atomic mass is 28.3. The molecule has 0 rings (SSSR count). The molecule has 0 fully saturated rings. The van der Waals surface area contributed by atoms with E-state index in [2.05, 4.69) is 19.2 Å². The summed E-state index contributed by atoms with van der Waals surface area (Å²) in [6, 6.07) is 2.21. The molecule has 0 N–H and O–H groups in total. The van der Waals surface area contributed by atoms with Crippen molar-refractivity contribution in [3.05, 3.63) is 0 Å². The number of hydrogen-bond donors (Lipinski definition) is 0. The van der Waals surface area contributed by atoms with E-state index in [1.165, 1.54) is 0 Å². The molecule has 0 aromatic carbocycles. The lowest BCUT2D eigenvalue weighted by molar-refractivity contribution is 1.17. The van der Waals surface area contributed by atoms with Gasteiger partial charge in [-0.2, -0.15) is 5.26 Å². The quantitative estimate of drug-likeness (QED) is 0.473. The largest absolute Gasteiger partial charge is 0.198 e. The van der Waals surface area contributed by atoms with Gasteiger partial charge < -0.3 is 0 Å². The Balaban J connectivity index is 3.40. The van der Waals surface area contributed by atoms with Crippen LogP contribution in [-0.2, 0) is 0 Å². The standard InChI is InChI=1S/C5H10NSi/c1-5(4-6)7(2)3/h5H,1-3H3. The van der Waals surface area contributed by atoms with Gasteiger partial charge in [0.05, 0.1) is 14.9 Å². The predicted octanol–water partition coefficient (Wildman–Crippen LogP) is 1.65. The van der Waals surface area contributed by atoms with Gasteiger partial charge in [0.25, 0.3) is 0 Å². The highest BCUT2D eigenvalue weighted by Gasteiger charge is 2.04. The Hall–Kier alpha value is -0.293. The van der Waals surface area contributed by atoms with Gasteiger partial charge in [-0.05, 0) is 0 Å². The molecule has 1 atom stereocenters. The third-order valence-electron chi connectivity index (χ3n) is 1.06. The maximum atomic E-state index is 8.28. The van der Waals surface area contributed by atoms with Crippen LogP contribution in [0.3, 0.4) is 0 Å². The SMILES string of the molecule is CC(C#N)[Si](C)C. The molecule has 0 aliphatic heterocycles. The predicted molar refractivity (Wildman–Crippen MR) is 32.5 cm³/mol. The summed E-state index contributed by atoms with van der Waals surface area (Å²) in [5.41, 5.74) is 0.310. The van der Waals surface area contributed by atoms with Gasteiger partial charge in [0.1, 0.15) is 0 Å². The minimum atomic E-state index is -0.324. The van der Waals surface area contributed by atoms with Crippen molar-refractivity contribution < 1.29 is 0 Å². The normalized spacial score (nSPS) is 13.6. The van der Waals surface area contributed by atoms with E-state index in [1.54, 1.807) is 0 Å². The summed E-state index contributed by atoms with van der Waals surface area (Å²) in [6.45, 7) is 6.28. The third-order valence-corrected chi connectivity index (χ3v) is 2.92. The fraction of sp³-hybridized carbons (Fsp3) is 0.800. The van der Waals surface area contributed by atoms with Crippen molar-refractivity contribution in [2.45, 2.75) is 25.6 Å². The lowest BCUT2D eigenvalue weighted by atomic mass is 10.5. The Morgan fingerprint density at radius 2 is 2.00 bits per heavy atom. The van der Waals surface area contributed by atoms with Crippen LogP contribution in [0, 0.1) is 11.3 Å². The van der Waals surface area contributed by atoms with Crippen molar-refractivity contribution in [3.8, 4) is 6.07 Å². The molecule has 0 aromatic heterocycles. The molecule has 0 spiro atoms. The van der Waals surface area contributed by atoms with Crippen LogP contribution in [-0.4, -0.2) is 8.80 Å². The number of hydrogen-bond acceptors (Lipinski definition) is 1. The zero-order chi connectivity index (χ0) is 5.86. The van der Waals surface area contributed by atoms with E-state index in [1.807, 2.05) is 6.92 Å². The molecule has 7 heavy (non-hydrogen) atoms. The van der Waals surface area contributed by atoms with E-state index >= 15 is 0 Å². The molecule has 0 saturated heterocycles. The van der Waals surface area contributed by atoms with Gasteiger partial charge >= 0.3 is 0 Å². The van der Waals surface area contributed by atoms with E-state index in [0.717, 1.165) is 0 Å². The van der Waals surface area contributed by atoms with Crippen molar-refractivity contribution in [3.63, 3.8) is 0 Å². The molecule has 0 aliphatic rings. The Bertz CT molecular complexity index is 82.6. The molecule has 0 aromatic rings. The highest BCUT2D eigenvalue weighted by Crippen LogP contribution is 2.04. The van der Waals surface area contributed by atoms with E-state index < -0.39 is 0 Å². The number of nitriles is 1. The van der Waals surface area contributed by atoms with Gasteiger partial charge in [-0.1, -0.05) is 20.0 Å². The molecule has 0 aliphatic carbocycles. The minimum absolute atomic E-state index is 0.310. The molecule has 1 unspecified atom stereocenters. The van der Waals surface area contributed by atoms with E-state index in [9.17, 15) is 0 Å². The molecule has 1 radical (unpaired) electrons. The van der Waals surface area contributed by atoms with Gasteiger partial charge in [0.2, 0.25) is 0 Å². The summed E-state index contributed by atoms with van der Waals surface area (Å²) in [7, 11) is -0.324. The van der Waals surface area contributed by atoms with Gasteiger partial charge in [0.15, 0.2) is 0 Å². The first-order chi connectivity index (χ1) is 3.18. The van der Waals surface area contributed by atoms with Crippen LogP contribution >= 0.6 is 0 Å². The second-order valence-electron chi connectivity index (χ2n) is 1.93. The average Bonchev–Trinajstić information content (AvgIpc) is 1.65. The van der Waals surface area contributed by atoms with Crippen LogP contribution in [0.25, 0.3) is 0 Å². The van der Waals surface area contributed by atoms with E-state index in [-0.39, 0.29) is 8.80 Å². The summed E-state index contributed by atoms with van der Waals surface area (Å²) in [6.07, 6.45) is 0. The lowest BCUT2D eigenvalue weighted by Crippen LogP contribution is -2.05. The van der Waals surface area contributed by atoms with E-state index in [0.29, 0.717) is 5.54 Å². The molecule has 0 amide bonds. The molecule has 0 heterocycles. The monoisotopic (exact) mass is 112 g/mol. The fourth-order valence-electron chi connectivity index (χ4n) is 0.129. The van der Waals surface area contributed by atoms with E-state index in [4.69, 9.17) is 5.26 Å². The van der Waals surface area contributed by atoms with Gasteiger partial charge in [0, 0.05) is 5.54 Å². The van der Waals surface area contributed by atoms with Crippen LogP contribution in [0.1, 0.15) is 6.92 Å².